The van der Waals surface area contributed by atoms with E-state index in [-0.39, 0.29) is 17.2 Å². The first-order valence-corrected chi connectivity index (χ1v) is 9.31. The van der Waals surface area contributed by atoms with E-state index in [0.29, 0.717) is 11.4 Å². The van der Waals surface area contributed by atoms with Crippen LogP contribution in [-0.2, 0) is 11.3 Å². The van der Waals surface area contributed by atoms with Crippen molar-refractivity contribution in [2.75, 3.05) is 12.8 Å². The Morgan fingerprint density at radius 3 is 2.56 bits per heavy atom. The minimum Gasteiger partial charge on any atom is -0.478 e. The van der Waals surface area contributed by atoms with E-state index in [1.807, 2.05) is 36.5 Å². The van der Waals surface area contributed by atoms with Crippen molar-refractivity contribution >= 4 is 23.6 Å². The normalized spacial score (nSPS) is 10.6. The number of carbonyl (C=O) groups is 2. The Hall–Kier alpha value is -3.06. The Morgan fingerprint density at radius 1 is 1.11 bits per heavy atom. The molecule has 0 aliphatic carbocycles. The Labute approximate surface area is 161 Å². The summed E-state index contributed by atoms with van der Waals surface area (Å²) in [6, 6.07) is 16.4. The Balaban J connectivity index is 1.59. The molecular weight excluding hydrogens is 362 g/mol. The van der Waals surface area contributed by atoms with Crippen LogP contribution >= 0.6 is 11.8 Å². The molecule has 1 aromatic heterocycles. The lowest BCUT2D eigenvalue weighted by Crippen LogP contribution is -2.27. The number of aromatic nitrogens is 2. The van der Waals surface area contributed by atoms with Crippen LogP contribution in [0.1, 0.15) is 15.9 Å². The SMILES string of the molecule is CN(Cc1cnn(-c2ccccc2)c1)C(=O)CSc1ccccc1C(=O)O. The molecule has 0 unspecified atom stereocenters. The Morgan fingerprint density at radius 2 is 1.81 bits per heavy atom. The van der Waals surface area contributed by atoms with Crippen LogP contribution in [0.3, 0.4) is 0 Å². The summed E-state index contributed by atoms with van der Waals surface area (Å²) in [5, 5.41) is 13.5. The largest absolute Gasteiger partial charge is 0.478 e. The van der Waals surface area contributed by atoms with Gasteiger partial charge in [0.15, 0.2) is 0 Å². The molecule has 0 atom stereocenters. The van der Waals surface area contributed by atoms with E-state index in [9.17, 15) is 14.7 Å². The molecule has 1 amide bonds. The van der Waals surface area contributed by atoms with Crippen LogP contribution in [0.2, 0.25) is 0 Å². The number of carbonyl (C=O) groups excluding carboxylic acids is 1. The van der Waals surface area contributed by atoms with Crippen molar-refractivity contribution in [2.24, 2.45) is 0 Å². The highest BCUT2D eigenvalue weighted by Gasteiger charge is 2.14. The number of rotatable bonds is 7. The summed E-state index contributed by atoms with van der Waals surface area (Å²) in [4.78, 5) is 25.9. The fourth-order valence-electron chi connectivity index (χ4n) is 2.54. The first-order chi connectivity index (χ1) is 13.0. The number of para-hydroxylation sites is 1. The summed E-state index contributed by atoms with van der Waals surface area (Å²) in [5.41, 5.74) is 2.09. The fraction of sp³-hybridized carbons (Fsp3) is 0.150. The molecule has 0 aliphatic heterocycles. The van der Waals surface area contributed by atoms with Crippen LogP contribution in [0.5, 0.6) is 0 Å². The maximum absolute atomic E-state index is 12.4. The van der Waals surface area contributed by atoms with Crippen LogP contribution in [0, 0.1) is 0 Å². The predicted octanol–water partition coefficient (Wildman–Crippen LogP) is 3.32. The summed E-state index contributed by atoms with van der Waals surface area (Å²) in [6.07, 6.45) is 3.63. The monoisotopic (exact) mass is 381 g/mol. The molecule has 1 N–H and O–H groups in total. The molecule has 0 aliphatic rings. The van der Waals surface area contributed by atoms with E-state index in [2.05, 4.69) is 5.10 Å². The first-order valence-electron chi connectivity index (χ1n) is 8.32. The zero-order valence-electron chi connectivity index (χ0n) is 14.8. The first kappa shape index (κ1) is 18.7. The molecule has 0 saturated carbocycles. The van der Waals surface area contributed by atoms with Crippen molar-refractivity contribution in [3.8, 4) is 5.69 Å². The summed E-state index contributed by atoms with van der Waals surface area (Å²) >= 11 is 1.23. The molecule has 0 saturated heterocycles. The highest BCUT2D eigenvalue weighted by atomic mass is 32.2. The third-order valence-electron chi connectivity index (χ3n) is 3.97. The van der Waals surface area contributed by atoms with Gasteiger partial charge in [-0.1, -0.05) is 30.3 Å². The van der Waals surface area contributed by atoms with E-state index >= 15 is 0 Å². The number of thioether (sulfide) groups is 1. The minimum atomic E-state index is -0.993. The van der Waals surface area contributed by atoms with E-state index in [1.165, 1.54) is 17.8 Å². The zero-order chi connectivity index (χ0) is 19.2. The van der Waals surface area contributed by atoms with Gasteiger partial charge in [-0.3, -0.25) is 4.79 Å². The van der Waals surface area contributed by atoms with Crippen molar-refractivity contribution in [3.05, 3.63) is 78.1 Å². The number of hydrogen-bond acceptors (Lipinski definition) is 4. The third kappa shape index (κ3) is 4.77. The molecule has 3 rings (SSSR count). The number of carboxylic acids is 1. The number of nitrogens with zero attached hydrogens (tertiary/aromatic N) is 3. The average Bonchev–Trinajstić information content (AvgIpc) is 3.15. The maximum atomic E-state index is 12.4. The maximum Gasteiger partial charge on any atom is 0.336 e. The second kappa shape index (κ2) is 8.55. The quantitative estimate of drug-likeness (QED) is 0.636. The summed E-state index contributed by atoms with van der Waals surface area (Å²) in [6.45, 7) is 0.437. The van der Waals surface area contributed by atoms with E-state index in [0.717, 1.165) is 11.3 Å². The van der Waals surface area contributed by atoms with Crippen molar-refractivity contribution in [2.45, 2.75) is 11.4 Å². The lowest BCUT2D eigenvalue weighted by atomic mass is 10.2. The molecule has 138 valence electrons. The fourth-order valence-corrected chi connectivity index (χ4v) is 3.53. The predicted molar refractivity (Wildman–Crippen MR) is 104 cm³/mol. The standard InChI is InChI=1S/C20H19N3O3S/c1-22(12-15-11-21-23(13-15)16-7-3-2-4-8-16)19(24)14-27-18-10-6-5-9-17(18)20(25)26/h2-11,13H,12,14H2,1H3,(H,25,26). The van der Waals surface area contributed by atoms with Gasteiger partial charge in [0.25, 0.3) is 0 Å². The van der Waals surface area contributed by atoms with Gasteiger partial charge in [0.2, 0.25) is 5.91 Å². The second-order valence-electron chi connectivity index (χ2n) is 5.97. The van der Waals surface area contributed by atoms with Crippen LogP contribution in [-0.4, -0.2) is 44.5 Å². The summed E-state index contributed by atoms with van der Waals surface area (Å²) in [7, 11) is 1.73. The molecular formula is C20H19N3O3S. The lowest BCUT2D eigenvalue weighted by molar-refractivity contribution is -0.127. The molecule has 0 spiro atoms. The van der Waals surface area contributed by atoms with Gasteiger partial charge in [-0.05, 0) is 24.3 Å². The smallest absolute Gasteiger partial charge is 0.336 e. The van der Waals surface area contributed by atoms with Crippen LogP contribution in [0.4, 0.5) is 0 Å². The minimum absolute atomic E-state index is 0.0762. The number of hydrogen-bond donors (Lipinski definition) is 1. The third-order valence-corrected chi connectivity index (χ3v) is 5.03. The molecule has 0 fully saturated rings. The Kier molecular flexibility index (Phi) is 5.93. The van der Waals surface area contributed by atoms with Gasteiger partial charge in [0, 0.05) is 30.2 Å². The van der Waals surface area contributed by atoms with Crippen molar-refractivity contribution in [1.82, 2.24) is 14.7 Å². The van der Waals surface area contributed by atoms with Crippen molar-refractivity contribution in [3.63, 3.8) is 0 Å². The van der Waals surface area contributed by atoms with Crippen molar-refractivity contribution in [1.29, 1.82) is 0 Å². The average molecular weight is 381 g/mol. The van der Waals surface area contributed by atoms with Gasteiger partial charge < -0.3 is 10.0 Å². The van der Waals surface area contributed by atoms with Crippen molar-refractivity contribution < 1.29 is 14.7 Å². The topological polar surface area (TPSA) is 75.4 Å². The molecule has 1 heterocycles. The molecule has 27 heavy (non-hydrogen) atoms. The summed E-state index contributed by atoms with van der Waals surface area (Å²) in [5.74, 6) is -0.895. The van der Waals surface area contributed by atoms with Gasteiger partial charge in [0.05, 0.1) is 23.2 Å². The highest BCUT2D eigenvalue weighted by molar-refractivity contribution is 8.00. The van der Waals surface area contributed by atoms with Gasteiger partial charge in [-0.15, -0.1) is 11.8 Å². The van der Waals surface area contributed by atoms with E-state index in [4.69, 9.17) is 0 Å². The van der Waals surface area contributed by atoms with Crippen LogP contribution in [0.15, 0.2) is 71.9 Å². The van der Waals surface area contributed by atoms with E-state index in [1.54, 1.807) is 41.0 Å². The molecule has 6 nitrogen and oxygen atoms in total. The molecule has 0 bridgehead atoms. The van der Waals surface area contributed by atoms with Gasteiger partial charge >= 0.3 is 5.97 Å². The number of benzene rings is 2. The molecule has 0 radical (unpaired) electrons. The number of aromatic carboxylic acids is 1. The molecule has 3 aromatic rings. The molecule has 2 aromatic carbocycles. The number of carboxylic acid groups (broad SMARTS) is 1. The van der Waals surface area contributed by atoms with Crippen LogP contribution < -0.4 is 0 Å². The van der Waals surface area contributed by atoms with Crippen LogP contribution in [0.25, 0.3) is 5.69 Å². The van der Waals surface area contributed by atoms with E-state index < -0.39 is 5.97 Å². The number of amides is 1. The zero-order valence-corrected chi connectivity index (χ0v) is 15.6. The van der Waals surface area contributed by atoms with Gasteiger partial charge in [-0.2, -0.15) is 5.10 Å². The second-order valence-corrected chi connectivity index (χ2v) is 6.99. The Bertz CT molecular complexity index is 940. The van der Waals surface area contributed by atoms with Gasteiger partial charge in [0.1, 0.15) is 0 Å². The molecule has 7 heteroatoms. The van der Waals surface area contributed by atoms with Gasteiger partial charge in [-0.25, -0.2) is 9.48 Å². The summed E-state index contributed by atoms with van der Waals surface area (Å²) < 4.78 is 1.77. The highest BCUT2D eigenvalue weighted by Crippen LogP contribution is 2.23. The lowest BCUT2D eigenvalue weighted by Gasteiger charge is -2.16.